The summed E-state index contributed by atoms with van der Waals surface area (Å²) in [5.41, 5.74) is 0.465. The van der Waals surface area contributed by atoms with Crippen LogP contribution in [0.2, 0.25) is 5.02 Å². The second kappa shape index (κ2) is 3.00. The summed E-state index contributed by atoms with van der Waals surface area (Å²) < 4.78 is 13.3. The van der Waals surface area contributed by atoms with Gasteiger partial charge in [-0.05, 0) is 6.07 Å². The highest BCUT2D eigenvalue weighted by Crippen LogP contribution is 2.29. The minimum Gasteiger partial charge on any atom is -0.349 e. The molecule has 1 amide bonds. The van der Waals surface area contributed by atoms with Crippen molar-refractivity contribution in [2.45, 2.75) is 12.5 Å². The van der Waals surface area contributed by atoms with E-state index in [1.807, 2.05) is 0 Å². The summed E-state index contributed by atoms with van der Waals surface area (Å²) in [5, 5.41) is 2.69. The molecule has 0 bridgehead atoms. The maximum absolute atomic E-state index is 13.3. The molecular formula is C9H7ClFNO. The van der Waals surface area contributed by atoms with Crippen LogP contribution >= 0.6 is 11.6 Å². The van der Waals surface area contributed by atoms with Crippen molar-refractivity contribution < 1.29 is 9.18 Å². The lowest BCUT2D eigenvalue weighted by atomic mass is 9.97. The second-order valence-corrected chi connectivity index (χ2v) is 3.37. The fraction of sp³-hybridized carbons (Fsp3) is 0.222. The van der Waals surface area contributed by atoms with Crippen LogP contribution in [0.1, 0.15) is 18.0 Å². The van der Waals surface area contributed by atoms with E-state index in [4.69, 9.17) is 11.6 Å². The first-order valence-electron chi connectivity index (χ1n) is 3.92. The van der Waals surface area contributed by atoms with Crippen LogP contribution in [0.25, 0.3) is 0 Å². The van der Waals surface area contributed by atoms with Crippen molar-refractivity contribution in [2.24, 2.45) is 0 Å². The first kappa shape index (κ1) is 8.51. The van der Waals surface area contributed by atoms with Crippen molar-refractivity contribution in [3.05, 3.63) is 34.6 Å². The molecule has 1 aromatic carbocycles. The van der Waals surface area contributed by atoms with Crippen LogP contribution in [0, 0.1) is 5.82 Å². The quantitative estimate of drug-likeness (QED) is 0.689. The zero-order valence-corrected chi connectivity index (χ0v) is 7.44. The Balaban J connectivity index is 2.30. The van der Waals surface area contributed by atoms with Gasteiger partial charge in [0, 0.05) is 5.56 Å². The van der Waals surface area contributed by atoms with Gasteiger partial charge in [-0.15, -0.1) is 0 Å². The van der Waals surface area contributed by atoms with E-state index in [0.717, 1.165) is 0 Å². The number of carbonyl (C=O) groups excluding carboxylic acids is 1. The van der Waals surface area contributed by atoms with Crippen LogP contribution in [0.4, 0.5) is 4.39 Å². The fourth-order valence-electron chi connectivity index (χ4n) is 1.34. The first-order valence-corrected chi connectivity index (χ1v) is 4.29. The van der Waals surface area contributed by atoms with Crippen molar-refractivity contribution in [3.8, 4) is 0 Å². The van der Waals surface area contributed by atoms with Gasteiger partial charge in [0.2, 0.25) is 5.91 Å². The molecule has 0 radical (unpaired) electrons. The summed E-state index contributed by atoms with van der Waals surface area (Å²) in [4.78, 5) is 10.6. The van der Waals surface area contributed by atoms with E-state index in [0.29, 0.717) is 12.0 Å². The number of carbonyl (C=O) groups is 1. The van der Waals surface area contributed by atoms with Gasteiger partial charge in [-0.2, -0.15) is 0 Å². The number of nitrogens with one attached hydrogen (secondary N) is 1. The van der Waals surface area contributed by atoms with E-state index < -0.39 is 5.82 Å². The van der Waals surface area contributed by atoms with Gasteiger partial charge in [-0.3, -0.25) is 4.79 Å². The van der Waals surface area contributed by atoms with Crippen LogP contribution in [0.3, 0.4) is 0 Å². The third kappa shape index (κ3) is 1.40. The molecule has 0 spiro atoms. The summed E-state index contributed by atoms with van der Waals surface area (Å²) in [6, 6.07) is 4.59. The van der Waals surface area contributed by atoms with Crippen molar-refractivity contribution >= 4 is 17.5 Å². The molecule has 1 unspecified atom stereocenters. The average molecular weight is 200 g/mol. The van der Waals surface area contributed by atoms with Gasteiger partial charge in [0.25, 0.3) is 0 Å². The monoisotopic (exact) mass is 199 g/mol. The minimum absolute atomic E-state index is 0.0515. The molecule has 68 valence electrons. The van der Waals surface area contributed by atoms with E-state index in [2.05, 4.69) is 5.32 Å². The second-order valence-electron chi connectivity index (χ2n) is 2.97. The summed E-state index contributed by atoms with van der Waals surface area (Å²) in [5.74, 6) is -0.487. The SMILES string of the molecule is O=C1CC(c2cccc(Cl)c2F)N1. The summed E-state index contributed by atoms with van der Waals surface area (Å²) in [6.45, 7) is 0. The molecule has 1 saturated heterocycles. The van der Waals surface area contributed by atoms with Crippen molar-refractivity contribution in [2.75, 3.05) is 0 Å². The van der Waals surface area contributed by atoms with Crippen molar-refractivity contribution in [1.29, 1.82) is 0 Å². The van der Waals surface area contributed by atoms with E-state index >= 15 is 0 Å². The number of halogens is 2. The van der Waals surface area contributed by atoms with Crippen LogP contribution in [0.15, 0.2) is 18.2 Å². The Bertz CT molecular complexity index is 359. The van der Waals surface area contributed by atoms with Gasteiger partial charge in [0.15, 0.2) is 0 Å². The molecule has 1 fully saturated rings. The largest absolute Gasteiger partial charge is 0.349 e. The summed E-state index contributed by atoms with van der Waals surface area (Å²) >= 11 is 5.59. The Labute approximate surface area is 79.7 Å². The maximum Gasteiger partial charge on any atom is 0.222 e. The van der Waals surface area contributed by atoms with Gasteiger partial charge >= 0.3 is 0 Å². The molecule has 13 heavy (non-hydrogen) atoms. The Hall–Kier alpha value is -1.09. The number of rotatable bonds is 1. The summed E-state index contributed by atoms with van der Waals surface area (Å²) in [6.07, 6.45) is 0.345. The van der Waals surface area contributed by atoms with Gasteiger partial charge in [-0.25, -0.2) is 4.39 Å². The molecule has 2 nitrogen and oxygen atoms in total. The topological polar surface area (TPSA) is 29.1 Å². The molecular weight excluding hydrogens is 193 g/mol. The van der Waals surface area contributed by atoms with E-state index in [9.17, 15) is 9.18 Å². The van der Waals surface area contributed by atoms with Gasteiger partial charge in [0.1, 0.15) is 5.82 Å². The summed E-state index contributed by atoms with van der Waals surface area (Å²) in [7, 11) is 0. The molecule has 1 heterocycles. The molecule has 4 heteroatoms. The molecule has 1 atom stereocenters. The number of β-lactam (4-membered cyclic amide) rings is 1. The number of hydrogen-bond donors (Lipinski definition) is 1. The van der Waals surface area contributed by atoms with E-state index in [1.54, 1.807) is 12.1 Å². The maximum atomic E-state index is 13.3. The van der Waals surface area contributed by atoms with Crippen LogP contribution in [0.5, 0.6) is 0 Å². The van der Waals surface area contributed by atoms with Crippen LogP contribution < -0.4 is 5.32 Å². The zero-order chi connectivity index (χ0) is 9.42. The third-order valence-corrected chi connectivity index (χ3v) is 2.37. The highest BCUT2D eigenvalue weighted by molar-refractivity contribution is 6.30. The predicted octanol–water partition coefficient (Wildman–Crippen LogP) is 2.04. The predicted molar refractivity (Wildman–Crippen MR) is 46.9 cm³/mol. The van der Waals surface area contributed by atoms with E-state index in [1.165, 1.54) is 6.07 Å². The number of hydrogen-bond acceptors (Lipinski definition) is 1. The lowest BCUT2D eigenvalue weighted by molar-refractivity contribution is -0.128. The smallest absolute Gasteiger partial charge is 0.222 e. The number of amides is 1. The highest BCUT2D eigenvalue weighted by atomic mass is 35.5. The lowest BCUT2D eigenvalue weighted by Gasteiger charge is -2.27. The Morgan fingerprint density at radius 3 is 2.85 bits per heavy atom. The Kier molecular flexibility index (Phi) is 1.96. The molecule has 0 aliphatic carbocycles. The van der Waals surface area contributed by atoms with Crippen molar-refractivity contribution in [1.82, 2.24) is 5.32 Å². The molecule has 1 aliphatic rings. The standard InChI is InChI=1S/C9H7ClFNO/c10-6-3-1-2-5(9(6)11)7-4-8(13)12-7/h1-3,7H,4H2,(H,12,13). The van der Waals surface area contributed by atoms with E-state index in [-0.39, 0.29) is 17.0 Å². The fourth-order valence-corrected chi connectivity index (χ4v) is 1.52. The Morgan fingerprint density at radius 2 is 2.23 bits per heavy atom. The van der Waals surface area contributed by atoms with Gasteiger partial charge in [-0.1, -0.05) is 23.7 Å². The van der Waals surface area contributed by atoms with Gasteiger partial charge in [0.05, 0.1) is 17.5 Å². The molecule has 0 aromatic heterocycles. The highest BCUT2D eigenvalue weighted by Gasteiger charge is 2.29. The third-order valence-electron chi connectivity index (χ3n) is 2.08. The average Bonchev–Trinajstić information content (AvgIpc) is 2.05. The number of benzene rings is 1. The molecule has 1 N–H and O–H groups in total. The first-order chi connectivity index (χ1) is 6.18. The molecule has 0 saturated carbocycles. The normalized spacial score (nSPS) is 20.8. The van der Waals surface area contributed by atoms with Crippen molar-refractivity contribution in [3.63, 3.8) is 0 Å². The molecule has 1 aromatic rings. The van der Waals surface area contributed by atoms with Gasteiger partial charge < -0.3 is 5.32 Å². The minimum atomic E-state index is -0.436. The molecule has 2 rings (SSSR count). The van der Waals surface area contributed by atoms with Crippen LogP contribution in [-0.4, -0.2) is 5.91 Å². The lowest BCUT2D eigenvalue weighted by Crippen LogP contribution is -2.41. The molecule has 1 aliphatic heterocycles. The Morgan fingerprint density at radius 1 is 1.54 bits per heavy atom. The van der Waals surface area contributed by atoms with Crippen LogP contribution in [-0.2, 0) is 4.79 Å². The zero-order valence-electron chi connectivity index (χ0n) is 6.68.